The molecular formula is C19H17F2NO. The van der Waals surface area contributed by atoms with Gasteiger partial charge < -0.3 is 4.98 Å². The van der Waals surface area contributed by atoms with Crippen molar-refractivity contribution in [2.75, 3.05) is 0 Å². The fourth-order valence-electron chi connectivity index (χ4n) is 2.70. The van der Waals surface area contributed by atoms with Crippen LogP contribution in [0, 0.1) is 11.6 Å². The molecule has 0 atom stereocenters. The lowest BCUT2D eigenvalue weighted by atomic mass is 9.86. The smallest absolute Gasteiger partial charge is 0.152 e. The van der Waals surface area contributed by atoms with Crippen LogP contribution in [0.2, 0.25) is 0 Å². The Morgan fingerprint density at radius 3 is 2.43 bits per heavy atom. The number of aldehydes is 1. The fraction of sp³-hybridized carbons (Fsp3) is 0.211. The van der Waals surface area contributed by atoms with Gasteiger partial charge in [-0.15, -0.1) is 0 Å². The van der Waals surface area contributed by atoms with Gasteiger partial charge in [0.25, 0.3) is 0 Å². The number of aromatic nitrogens is 1. The summed E-state index contributed by atoms with van der Waals surface area (Å²) in [7, 11) is 0. The van der Waals surface area contributed by atoms with E-state index in [1.807, 2.05) is 18.2 Å². The first-order valence-corrected chi connectivity index (χ1v) is 7.38. The highest BCUT2D eigenvalue weighted by Crippen LogP contribution is 2.34. The lowest BCUT2D eigenvalue weighted by molar-refractivity contribution is 0.112. The minimum atomic E-state index is -0.572. The summed E-state index contributed by atoms with van der Waals surface area (Å²) in [5.74, 6) is -1.12. The summed E-state index contributed by atoms with van der Waals surface area (Å²) in [6, 6.07) is 8.97. The predicted molar refractivity (Wildman–Crippen MR) is 87.7 cm³/mol. The lowest BCUT2D eigenvalue weighted by Gasteiger charge is -2.18. The molecule has 0 aliphatic carbocycles. The number of hydrogen-bond acceptors (Lipinski definition) is 1. The number of H-pyrrole nitrogens is 1. The number of nitrogens with one attached hydrogen (secondary N) is 1. The summed E-state index contributed by atoms with van der Waals surface area (Å²) in [6.45, 7) is 6.23. The molecule has 0 aliphatic heterocycles. The molecule has 2 aromatic carbocycles. The van der Waals surface area contributed by atoms with Crippen molar-refractivity contribution >= 4 is 17.2 Å². The highest BCUT2D eigenvalue weighted by Gasteiger charge is 2.19. The van der Waals surface area contributed by atoms with Gasteiger partial charge in [-0.1, -0.05) is 26.8 Å². The summed E-state index contributed by atoms with van der Waals surface area (Å²) in [5.41, 5.74) is 2.42. The van der Waals surface area contributed by atoms with Crippen LogP contribution in [0.25, 0.3) is 22.2 Å². The quantitative estimate of drug-likeness (QED) is 0.646. The van der Waals surface area contributed by atoms with Crippen molar-refractivity contribution in [3.05, 3.63) is 59.2 Å². The van der Waals surface area contributed by atoms with Crippen molar-refractivity contribution in [2.45, 2.75) is 26.2 Å². The van der Waals surface area contributed by atoms with Crippen LogP contribution < -0.4 is 0 Å². The third-order valence-corrected chi connectivity index (χ3v) is 4.02. The average molecular weight is 313 g/mol. The first kappa shape index (κ1) is 15.4. The van der Waals surface area contributed by atoms with E-state index in [-0.39, 0.29) is 11.0 Å². The first-order chi connectivity index (χ1) is 10.8. The van der Waals surface area contributed by atoms with E-state index in [9.17, 15) is 13.6 Å². The largest absolute Gasteiger partial charge is 0.354 e. The molecule has 2 nitrogen and oxygen atoms in total. The maximum atomic E-state index is 14.1. The van der Waals surface area contributed by atoms with Crippen LogP contribution in [-0.2, 0) is 5.41 Å². The van der Waals surface area contributed by atoms with E-state index in [1.54, 1.807) is 0 Å². The van der Waals surface area contributed by atoms with Gasteiger partial charge in [-0.3, -0.25) is 4.79 Å². The summed E-state index contributed by atoms with van der Waals surface area (Å²) < 4.78 is 27.5. The standard InChI is InChI=1S/C19H17F2NO/c1-19(2,3)11-4-7-17-13(8-11)15(10-23)18(22-17)14-9-12(20)5-6-16(14)21/h4-10,22H,1-3H3. The van der Waals surface area contributed by atoms with Gasteiger partial charge in [0.15, 0.2) is 6.29 Å². The molecule has 0 saturated heterocycles. The molecule has 4 heteroatoms. The summed E-state index contributed by atoms with van der Waals surface area (Å²) >= 11 is 0. The van der Waals surface area contributed by atoms with Gasteiger partial charge in [-0.05, 0) is 41.3 Å². The normalized spacial score (nSPS) is 11.9. The van der Waals surface area contributed by atoms with Gasteiger partial charge >= 0.3 is 0 Å². The molecule has 23 heavy (non-hydrogen) atoms. The molecule has 0 bridgehead atoms. The van der Waals surface area contributed by atoms with Crippen molar-refractivity contribution in [1.29, 1.82) is 0 Å². The maximum absolute atomic E-state index is 14.1. The van der Waals surface area contributed by atoms with Crippen molar-refractivity contribution in [3.8, 4) is 11.3 Å². The molecule has 3 aromatic rings. The molecule has 0 unspecified atom stereocenters. The summed E-state index contributed by atoms with van der Waals surface area (Å²) in [6.07, 6.45) is 0.685. The minimum Gasteiger partial charge on any atom is -0.354 e. The van der Waals surface area contributed by atoms with Crippen LogP contribution in [-0.4, -0.2) is 11.3 Å². The van der Waals surface area contributed by atoms with Crippen LogP contribution in [0.1, 0.15) is 36.7 Å². The molecule has 1 heterocycles. The van der Waals surface area contributed by atoms with Gasteiger partial charge in [0.1, 0.15) is 11.6 Å². The van der Waals surface area contributed by atoms with E-state index >= 15 is 0 Å². The number of benzene rings is 2. The summed E-state index contributed by atoms with van der Waals surface area (Å²) in [5, 5.41) is 0.714. The topological polar surface area (TPSA) is 32.9 Å². The number of aromatic amines is 1. The van der Waals surface area contributed by atoms with Crippen LogP contribution in [0.5, 0.6) is 0 Å². The molecule has 1 aromatic heterocycles. The van der Waals surface area contributed by atoms with Crippen LogP contribution in [0.15, 0.2) is 36.4 Å². The molecule has 0 aliphatic rings. The molecular weight excluding hydrogens is 296 g/mol. The SMILES string of the molecule is CC(C)(C)c1ccc2[nH]c(-c3cc(F)ccc3F)c(C=O)c2c1. The Kier molecular flexibility index (Phi) is 3.55. The van der Waals surface area contributed by atoms with Gasteiger partial charge in [-0.2, -0.15) is 0 Å². The zero-order valence-electron chi connectivity index (χ0n) is 13.2. The van der Waals surface area contributed by atoms with E-state index in [0.717, 1.165) is 29.3 Å². The predicted octanol–water partition coefficient (Wildman–Crippen LogP) is 5.22. The molecule has 3 rings (SSSR count). The number of halogens is 2. The maximum Gasteiger partial charge on any atom is 0.152 e. The number of fused-ring (bicyclic) bond motifs is 1. The van der Waals surface area contributed by atoms with Crippen molar-refractivity contribution in [3.63, 3.8) is 0 Å². The van der Waals surface area contributed by atoms with Gasteiger partial charge in [0.2, 0.25) is 0 Å². The first-order valence-electron chi connectivity index (χ1n) is 7.38. The Bertz CT molecular complexity index is 904. The van der Waals surface area contributed by atoms with Crippen molar-refractivity contribution < 1.29 is 13.6 Å². The van der Waals surface area contributed by atoms with E-state index in [2.05, 4.69) is 25.8 Å². The monoisotopic (exact) mass is 313 g/mol. The zero-order chi connectivity index (χ0) is 16.8. The van der Waals surface area contributed by atoms with E-state index in [0.29, 0.717) is 22.9 Å². The third kappa shape index (κ3) is 2.65. The Balaban J connectivity index is 2.30. The number of hydrogen-bond donors (Lipinski definition) is 1. The zero-order valence-corrected chi connectivity index (χ0v) is 13.2. The lowest BCUT2D eigenvalue weighted by Crippen LogP contribution is -2.10. The second kappa shape index (κ2) is 5.30. The average Bonchev–Trinajstić information content (AvgIpc) is 2.86. The van der Waals surface area contributed by atoms with Crippen LogP contribution >= 0.6 is 0 Å². The molecule has 0 fully saturated rings. The number of rotatable bonds is 2. The van der Waals surface area contributed by atoms with E-state index < -0.39 is 11.6 Å². The number of carbonyl (C=O) groups excluding carboxylic acids is 1. The highest BCUT2D eigenvalue weighted by molar-refractivity contribution is 6.04. The second-order valence-electron chi connectivity index (χ2n) is 6.67. The van der Waals surface area contributed by atoms with Crippen molar-refractivity contribution in [2.24, 2.45) is 0 Å². The third-order valence-electron chi connectivity index (χ3n) is 4.02. The van der Waals surface area contributed by atoms with E-state index in [1.165, 1.54) is 0 Å². The van der Waals surface area contributed by atoms with Crippen LogP contribution in [0.3, 0.4) is 0 Å². The van der Waals surface area contributed by atoms with Crippen LogP contribution in [0.4, 0.5) is 8.78 Å². The molecule has 0 amide bonds. The highest BCUT2D eigenvalue weighted by atomic mass is 19.1. The fourth-order valence-corrected chi connectivity index (χ4v) is 2.70. The Labute approximate surface area is 133 Å². The Morgan fingerprint density at radius 2 is 1.78 bits per heavy atom. The summed E-state index contributed by atoms with van der Waals surface area (Å²) in [4.78, 5) is 14.6. The molecule has 1 N–H and O–H groups in total. The molecule has 0 spiro atoms. The van der Waals surface area contributed by atoms with E-state index in [4.69, 9.17) is 0 Å². The van der Waals surface area contributed by atoms with Gasteiger partial charge in [0, 0.05) is 22.0 Å². The van der Waals surface area contributed by atoms with Gasteiger partial charge in [0.05, 0.1) is 5.69 Å². The second-order valence-corrected chi connectivity index (χ2v) is 6.67. The Hall–Kier alpha value is -2.49. The van der Waals surface area contributed by atoms with Gasteiger partial charge in [-0.25, -0.2) is 8.78 Å². The number of carbonyl (C=O) groups is 1. The Morgan fingerprint density at radius 1 is 1.04 bits per heavy atom. The minimum absolute atomic E-state index is 0.0561. The molecule has 118 valence electrons. The van der Waals surface area contributed by atoms with Crippen molar-refractivity contribution in [1.82, 2.24) is 4.98 Å². The molecule has 0 radical (unpaired) electrons. The molecule has 0 saturated carbocycles.